The topological polar surface area (TPSA) is 57.5 Å². The Morgan fingerprint density at radius 2 is 2.00 bits per heavy atom. The number of likely N-dealkylation sites (tertiary alicyclic amines) is 1. The maximum Gasteiger partial charge on any atom is 0.253 e. The fourth-order valence-corrected chi connectivity index (χ4v) is 4.52. The van der Waals surface area contributed by atoms with Crippen molar-refractivity contribution >= 4 is 16.8 Å². The molecule has 1 saturated heterocycles. The highest BCUT2D eigenvalue weighted by atomic mass is 16.3. The summed E-state index contributed by atoms with van der Waals surface area (Å²) < 4.78 is 2.10. The predicted molar refractivity (Wildman–Crippen MR) is 98.7 cm³/mol. The maximum atomic E-state index is 12.9. The number of aliphatic hydroxyl groups is 1. The van der Waals surface area contributed by atoms with Gasteiger partial charge in [-0.1, -0.05) is 18.2 Å². The molecule has 2 heterocycles. The molecule has 2 aliphatic rings. The molecule has 5 heteroatoms. The molecule has 0 spiro atoms. The van der Waals surface area contributed by atoms with E-state index in [1.807, 2.05) is 30.5 Å². The molecule has 3 atom stereocenters. The van der Waals surface area contributed by atoms with Gasteiger partial charge in [-0.05, 0) is 51.8 Å². The number of rotatable bonds is 4. The van der Waals surface area contributed by atoms with Gasteiger partial charge in [-0.25, -0.2) is 0 Å². The number of para-hydroxylation sites is 1. The highest BCUT2D eigenvalue weighted by molar-refractivity contribution is 6.07. The third-order valence-corrected chi connectivity index (χ3v) is 5.88. The normalized spacial score (nSPS) is 27.2. The van der Waals surface area contributed by atoms with Gasteiger partial charge in [0.15, 0.2) is 0 Å². The average molecular weight is 341 g/mol. The number of carbonyl (C=O) groups excluding carboxylic acids is 1. The number of nitrogens with one attached hydrogen (secondary N) is 1. The van der Waals surface area contributed by atoms with Crippen LogP contribution in [0.4, 0.5) is 0 Å². The lowest BCUT2D eigenvalue weighted by atomic mass is 10.1. The fraction of sp³-hybridized carbons (Fsp3) is 0.550. The second-order valence-electron chi connectivity index (χ2n) is 7.30. The molecule has 1 aliphatic carbocycles. The van der Waals surface area contributed by atoms with Gasteiger partial charge < -0.3 is 15.0 Å². The standard InChI is InChI=1S/C20H27N3O2/c1-2-22-13-15(14-7-3-4-8-17(14)22)20(25)21-16-9-10-18(19(16)24)23-11-5-6-12-23/h3-4,7-8,13,16,18-19,24H,2,5-6,9-12H2,1H3,(H,21,25)/t16-,18-,19-/m1/s1. The summed E-state index contributed by atoms with van der Waals surface area (Å²) in [5.74, 6) is -0.0745. The monoisotopic (exact) mass is 341 g/mol. The average Bonchev–Trinajstić information content (AvgIpc) is 3.34. The van der Waals surface area contributed by atoms with Crippen molar-refractivity contribution in [1.29, 1.82) is 0 Å². The van der Waals surface area contributed by atoms with Crippen molar-refractivity contribution in [3.05, 3.63) is 36.0 Å². The number of amides is 1. The minimum absolute atomic E-state index is 0.0745. The Bertz CT molecular complexity index is 763. The van der Waals surface area contributed by atoms with Crippen LogP contribution in [0, 0.1) is 0 Å². The van der Waals surface area contributed by atoms with Gasteiger partial charge in [0.1, 0.15) is 0 Å². The van der Waals surface area contributed by atoms with Crippen LogP contribution >= 0.6 is 0 Å². The van der Waals surface area contributed by atoms with E-state index in [0.29, 0.717) is 5.56 Å². The Hall–Kier alpha value is -1.85. The van der Waals surface area contributed by atoms with Crippen molar-refractivity contribution in [3.63, 3.8) is 0 Å². The van der Waals surface area contributed by atoms with Gasteiger partial charge in [0.05, 0.1) is 17.7 Å². The lowest BCUT2D eigenvalue weighted by molar-refractivity contribution is 0.0620. The molecule has 1 aromatic heterocycles. The third kappa shape index (κ3) is 2.96. The van der Waals surface area contributed by atoms with Crippen LogP contribution in [-0.4, -0.2) is 51.8 Å². The Morgan fingerprint density at radius 1 is 1.24 bits per heavy atom. The van der Waals surface area contributed by atoms with Crippen molar-refractivity contribution in [3.8, 4) is 0 Å². The van der Waals surface area contributed by atoms with Crippen LogP contribution in [-0.2, 0) is 6.54 Å². The quantitative estimate of drug-likeness (QED) is 0.898. The third-order valence-electron chi connectivity index (χ3n) is 5.88. The minimum atomic E-state index is -0.471. The van der Waals surface area contributed by atoms with E-state index >= 15 is 0 Å². The van der Waals surface area contributed by atoms with Crippen LogP contribution in [0.5, 0.6) is 0 Å². The molecule has 5 nitrogen and oxygen atoms in total. The largest absolute Gasteiger partial charge is 0.389 e. The summed E-state index contributed by atoms with van der Waals surface area (Å²) in [5, 5.41) is 14.8. The molecule has 0 radical (unpaired) electrons. The summed E-state index contributed by atoms with van der Waals surface area (Å²) in [7, 11) is 0. The molecule has 2 aromatic rings. The first-order valence-corrected chi connectivity index (χ1v) is 9.50. The summed E-state index contributed by atoms with van der Waals surface area (Å²) in [6.45, 7) is 5.06. The fourth-order valence-electron chi connectivity index (χ4n) is 4.52. The van der Waals surface area contributed by atoms with E-state index in [1.54, 1.807) is 0 Å². The van der Waals surface area contributed by atoms with Gasteiger partial charge in [0, 0.05) is 29.7 Å². The number of benzene rings is 1. The summed E-state index contributed by atoms with van der Waals surface area (Å²) in [4.78, 5) is 15.3. The van der Waals surface area contributed by atoms with E-state index in [2.05, 4.69) is 21.7 Å². The predicted octanol–water partition coefficient (Wildman–Crippen LogP) is 2.38. The smallest absolute Gasteiger partial charge is 0.253 e. The molecule has 134 valence electrons. The molecule has 2 fully saturated rings. The van der Waals surface area contributed by atoms with E-state index in [4.69, 9.17) is 0 Å². The van der Waals surface area contributed by atoms with E-state index in [1.165, 1.54) is 12.8 Å². The summed E-state index contributed by atoms with van der Waals surface area (Å²) in [5.41, 5.74) is 1.78. The van der Waals surface area contributed by atoms with Gasteiger partial charge in [-0.15, -0.1) is 0 Å². The highest BCUT2D eigenvalue weighted by Gasteiger charge is 2.39. The Kier molecular flexibility index (Phi) is 4.52. The van der Waals surface area contributed by atoms with Crippen LogP contribution < -0.4 is 5.32 Å². The zero-order chi connectivity index (χ0) is 17.4. The summed E-state index contributed by atoms with van der Waals surface area (Å²) in [6, 6.07) is 8.05. The van der Waals surface area contributed by atoms with Crippen molar-refractivity contribution in [2.75, 3.05) is 13.1 Å². The van der Waals surface area contributed by atoms with Crippen LogP contribution in [0.1, 0.15) is 43.0 Å². The molecule has 25 heavy (non-hydrogen) atoms. The molecule has 0 bridgehead atoms. The lowest BCUT2D eigenvalue weighted by Gasteiger charge is -2.28. The molecule has 1 amide bonds. The number of aliphatic hydroxyl groups excluding tert-OH is 1. The zero-order valence-electron chi connectivity index (χ0n) is 14.8. The SMILES string of the molecule is CCn1cc(C(=O)N[C@@H]2CC[C@@H](N3CCCC3)[C@@H]2O)c2ccccc21. The molecular formula is C20H27N3O2. The van der Waals surface area contributed by atoms with Gasteiger partial charge in [0.25, 0.3) is 5.91 Å². The second-order valence-corrected chi connectivity index (χ2v) is 7.30. The van der Waals surface area contributed by atoms with Crippen molar-refractivity contribution in [2.24, 2.45) is 0 Å². The molecule has 2 N–H and O–H groups in total. The summed E-state index contributed by atoms with van der Waals surface area (Å²) in [6.07, 6.45) is 5.71. The number of hydrogen-bond donors (Lipinski definition) is 2. The Labute approximate surface area is 148 Å². The van der Waals surface area contributed by atoms with Crippen molar-refractivity contribution in [1.82, 2.24) is 14.8 Å². The first-order valence-electron chi connectivity index (χ1n) is 9.50. The highest BCUT2D eigenvalue weighted by Crippen LogP contribution is 2.28. The van der Waals surface area contributed by atoms with Crippen LogP contribution in [0.25, 0.3) is 10.9 Å². The molecule has 0 unspecified atom stereocenters. The number of aromatic nitrogens is 1. The van der Waals surface area contributed by atoms with E-state index in [9.17, 15) is 9.90 Å². The zero-order valence-corrected chi connectivity index (χ0v) is 14.8. The number of nitrogens with zero attached hydrogens (tertiary/aromatic N) is 2. The molecule has 4 rings (SSSR count). The van der Waals surface area contributed by atoms with Gasteiger partial charge >= 0.3 is 0 Å². The summed E-state index contributed by atoms with van der Waals surface area (Å²) >= 11 is 0. The molecule has 1 saturated carbocycles. The minimum Gasteiger partial charge on any atom is -0.389 e. The van der Waals surface area contributed by atoms with Crippen LogP contribution in [0.2, 0.25) is 0 Å². The van der Waals surface area contributed by atoms with Crippen molar-refractivity contribution < 1.29 is 9.90 Å². The van der Waals surface area contributed by atoms with E-state index in [0.717, 1.165) is 43.4 Å². The van der Waals surface area contributed by atoms with Gasteiger partial charge in [-0.3, -0.25) is 9.69 Å². The van der Waals surface area contributed by atoms with Crippen LogP contribution in [0.3, 0.4) is 0 Å². The Morgan fingerprint density at radius 3 is 2.76 bits per heavy atom. The van der Waals surface area contributed by atoms with E-state index < -0.39 is 6.10 Å². The molecule has 1 aliphatic heterocycles. The first-order chi connectivity index (χ1) is 12.2. The van der Waals surface area contributed by atoms with E-state index in [-0.39, 0.29) is 18.0 Å². The van der Waals surface area contributed by atoms with Crippen LogP contribution in [0.15, 0.2) is 30.5 Å². The Balaban J connectivity index is 1.51. The number of hydrogen-bond acceptors (Lipinski definition) is 3. The molecular weight excluding hydrogens is 314 g/mol. The number of aryl methyl sites for hydroxylation is 1. The van der Waals surface area contributed by atoms with Crippen molar-refractivity contribution in [2.45, 2.75) is 57.3 Å². The number of fused-ring (bicyclic) bond motifs is 1. The number of carbonyl (C=O) groups is 1. The van der Waals surface area contributed by atoms with Gasteiger partial charge in [0.2, 0.25) is 0 Å². The second kappa shape index (κ2) is 6.81. The van der Waals surface area contributed by atoms with Gasteiger partial charge in [-0.2, -0.15) is 0 Å². The maximum absolute atomic E-state index is 12.9. The molecule has 1 aromatic carbocycles. The first kappa shape index (κ1) is 16.6. The lowest BCUT2D eigenvalue weighted by Crippen LogP contribution is -2.47.